The van der Waals surface area contributed by atoms with Crippen LogP contribution in [0.1, 0.15) is 19.8 Å². The molecule has 1 heteroatoms. The summed E-state index contributed by atoms with van der Waals surface area (Å²) in [7, 11) is 0. The van der Waals surface area contributed by atoms with Gasteiger partial charge in [0.25, 0.3) is 0 Å². The predicted octanol–water partition coefficient (Wildman–Crippen LogP) is 3.73. The van der Waals surface area contributed by atoms with Crippen LogP contribution in [0, 0.1) is 0 Å². The van der Waals surface area contributed by atoms with Crippen molar-refractivity contribution in [3.8, 4) is 0 Å². The summed E-state index contributed by atoms with van der Waals surface area (Å²) in [4.78, 5) is 0. The van der Waals surface area contributed by atoms with Crippen molar-refractivity contribution in [3.05, 3.63) is 44.8 Å². The second kappa shape index (κ2) is 4.20. The Labute approximate surface area is 85.6 Å². The molecule has 0 aliphatic heterocycles. The Hall–Kier alpha value is -0.417. The molecule has 0 saturated carbocycles. The van der Waals surface area contributed by atoms with Crippen LogP contribution in [-0.4, -0.2) is 0 Å². The van der Waals surface area contributed by atoms with Gasteiger partial charge >= 0.3 is 85.5 Å². The Morgan fingerprint density at radius 3 is 1.92 bits per heavy atom. The van der Waals surface area contributed by atoms with Crippen LogP contribution in [-0.2, 0) is 16.0 Å². The van der Waals surface area contributed by atoms with Gasteiger partial charge in [0.1, 0.15) is 0 Å². The normalized spacial score (nSPS) is 20.5. The Bertz CT molecular complexity index is 275. The molecule has 0 nitrogen and oxygen atoms in total. The first-order valence-corrected chi connectivity index (χ1v) is 7.71. The quantitative estimate of drug-likeness (QED) is 0.678. The van der Waals surface area contributed by atoms with E-state index in [9.17, 15) is 0 Å². The van der Waals surface area contributed by atoms with Gasteiger partial charge in [-0.1, -0.05) is 0 Å². The van der Waals surface area contributed by atoms with Gasteiger partial charge in [-0.2, -0.15) is 0 Å². The predicted molar refractivity (Wildman–Crippen MR) is 54.2 cm³/mol. The first-order chi connectivity index (χ1) is 6.42. The van der Waals surface area contributed by atoms with Crippen LogP contribution in [0.25, 0.3) is 0 Å². The Kier molecular flexibility index (Phi) is 2.95. The molecule has 0 aromatic carbocycles. The van der Waals surface area contributed by atoms with Crippen molar-refractivity contribution in [2.45, 2.75) is 24.8 Å². The summed E-state index contributed by atoms with van der Waals surface area (Å²) >= 11 is -0.766. The van der Waals surface area contributed by atoms with Gasteiger partial charge in [0, 0.05) is 0 Å². The summed E-state index contributed by atoms with van der Waals surface area (Å²) in [5.74, 6) is 0. The molecule has 0 aromatic heterocycles. The molecular weight excluding hydrogens is 245 g/mol. The molecule has 0 atom stereocenters. The van der Waals surface area contributed by atoms with E-state index in [1.165, 1.54) is 17.9 Å². The molecule has 0 aromatic rings. The van der Waals surface area contributed by atoms with Crippen molar-refractivity contribution in [1.82, 2.24) is 0 Å². The zero-order valence-corrected chi connectivity index (χ0v) is 9.68. The molecular formula is C12H15Ru. The molecule has 0 saturated heterocycles. The van der Waals surface area contributed by atoms with Crippen molar-refractivity contribution < 1.29 is 16.0 Å². The van der Waals surface area contributed by atoms with Crippen molar-refractivity contribution >= 4 is 0 Å². The minimum atomic E-state index is -0.766. The summed E-state index contributed by atoms with van der Waals surface area (Å²) < 4.78 is 3.48. The second-order valence-electron chi connectivity index (χ2n) is 3.05. The fourth-order valence-electron chi connectivity index (χ4n) is 1.62. The van der Waals surface area contributed by atoms with Gasteiger partial charge < -0.3 is 0 Å². The molecule has 0 fully saturated rings. The second-order valence-corrected chi connectivity index (χ2v) is 8.17. The molecule has 13 heavy (non-hydrogen) atoms. The molecule has 2 rings (SSSR count). The van der Waals surface area contributed by atoms with Gasteiger partial charge in [-0.15, -0.1) is 0 Å². The summed E-state index contributed by atoms with van der Waals surface area (Å²) in [5, 5.41) is 1.38. The maximum absolute atomic E-state index is 2.35. The van der Waals surface area contributed by atoms with E-state index >= 15 is 0 Å². The molecule has 0 unspecified atom stereocenters. The van der Waals surface area contributed by atoms with Crippen molar-refractivity contribution in [2.75, 3.05) is 0 Å². The van der Waals surface area contributed by atoms with Gasteiger partial charge in [0.05, 0.1) is 0 Å². The number of rotatable bonds is 3. The SMILES string of the molecule is C[CH2][Ru]([C]1=CC=CC1)[C]1=CC=CC1. The standard InChI is InChI=1S/2C5H5.C2H5.Ru/c2*1-2-4-5-3-1;1-2;/h2*1-3H,4H2;1H2,2H3;. The number of allylic oxidation sites excluding steroid dienone is 8. The van der Waals surface area contributed by atoms with E-state index in [1.54, 1.807) is 8.33 Å². The molecule has 0 radical (unpaired) electrons. The van der Waals surface area contributed by atoms with Gasteiger partial charge in [-0.05, 0) is 0 Å². The van der Waals surface area contributed by atoms with Crippen molar-refractivity contribution in [3.63, 3.8) is 0 Å². The monoisotopic (exact) mass is 261 g/mol. The fourth-order valence-corrected chi connectivity index (χ4v) is 6.21. The van der Waals surface area contributed by atoms with Crippen LogP contribution in [0.15, 0.2) is 44.8 Å². The summed E-state index contributed by atoms with van der Waals surface area (Å²) in [6, 6.07) is 0. The summed E-state index contributed by atoms with van der Waals surface area (Å²) in [5.41, 5.74) is 0. The van der Waals surface area contributed by atoms with E-state index in [0.29, 0.717) is 0 Å². The van der Waals surface area contributed by atoms with Gasteiger partial charge in [0.2, 0.25) is 0 Å². The average molecular weight is 260 g/mol. The zero-order chi connectivity index (χ0) is 9.10. The Morgan fingerprint density at radius 1 is 1.08 bits per heavy atom. The van der Waals surface area contributed by atoms with Crippen LogP contribution < -0.4 is 0 Å². The molecule has 0 spiro atoms. The number of hydrogen-bond donors (Lipinski definition) is 0. The van der Waals surface area contributed by atoms with Crippen LogP contribution in [0.2, 0.25) is 5.02 Å². The Morgan fingerprint density at radius 2 is 1.62 bits per heavy atom. The van der Waals surface area contributed by atoms with E-state index < -0.39 is 16.0 Å². The molecule has 0 amide bonds. The van der Waals surface area contributed by atoms with E-state index in [1.807, 2.05) is 0 Å². The van der Waals surface area contributed by atoms with E-state index in [0.717, 1.165) is 0 Å². The van der Waals surface area contributed by atoms with Crippen LogP contribution >= 0.6 is 0 Å². The summed E-state index contributed by atoms with van der Waals surface area (Å²) in [6.07, 6.45) is 16.2. The van der Waals surface area contributed by atoms with Crippen LogP contribution in [0.3, 0.4) is 0 Å². The zero-order valence-electron chi connectivity index (χ0n) is 7.94. The van der Waals surface area contributed by atoms with Crippen LogP contribution in [0.4, 0.5) is 0 Å². The molecule has 71 valence electrons. The van der Waals surface area contributed by atoms with Gasteiger partial charge in [-0.25, -0.2) is 0 Å². The summed E-state index contributed by atoms with van der Waals surface area (Å²) in [6.45, 7) is 2.34. The third-order valence-electron chi connectivity index (χ3n) is 2.23. The van der Waals surface area contributed by atoms with Crippen molar-refractivity contribution in [1.29, 1.82) is 0 Å². The third kappa shape index (κ3) is 1.91. The van der Waals surface area contributed by atoms with E-state index in [4.69, 9.17) is 0 Å². The van der Waals surface area contributed by atoms with Gasteiger partial charge in [0.15, 0.2) is 0 Å². The Balaban J connectivity index is 2.09. The minimum absolute atomic E-state index is 0.766. The first kappa shape index (κ1) is 9.15. The average Bonchev–Trinajstić information content (AvgIpc) is 2.76. The molecule has 0 heterocycles. The van der Waals surface area contributed by atoms with E-state index in [-0.39, 0.29) is 0 Å². The molecule has 0 N–H and O–H groups in total. The first-order valence-electron chi connectivity index (χ1n) is 4.74. The third-order valence-corrected chi connectivity index (χ3v) is 7.44. The molecule has 2 aliphatic carbocycles. The fraction of sp³-hybridized carbons (Fsp3) is 0.333. The number of hydrogen-bond acceptors (Lipinski definition) is 0. The molecule has 0 bridgehead atoms. The maximum atomic E-state index is 2.35. The van der Waals surface area contributed by atoms with Crippen molar-refractivity contribution in [2.24, 2.45) is 0 Å². The molecule has 2 aliphatic rings. The van der Waals surface area contributed by atoms with E-state index in [2.05, 4.69) is 43.4 Å². The van der Waals surface area contributed by atoms with Gasteiger partial charge in [-0.3, -0.25) is 0 Å². The topological polar surface area (TPSA) is 0 Å². The van der Waals surface area contributed by atoms with Crippen LogP contribution in [0.5, 0.6) is 0 Å².